The summed E-state index contributed by atoms with van der Waals surface area (Å²) in [6.45, 7) is 9.95. The molecule has 0 radical (unpaired) electrons. The van der Waals surface area contributed by atoms with Gasteiger partial charge in [0.05, 0.1) is 12.7 Å². The number of halogens is 1. The molecule has 4 aromatic rings. The molecule has 222 valence electrons. The Labute approximate surface area is 253 Å². The van der Waals surface area contributed by atoms with E-state index in [4.69, 9.17) is 14.2 Å². The van der Waals surface area contributed by atoms with Gasteiger partial charge in [-0.1, -0.05) is 18.2 Å². The molecule has 1 saturated heterocycles. The molecule has 1 aromatic heterocycles. The van der Waals surface area contributed by atoms with Crippen molar-refractivity contribution < 1.29 is 33.0 Å². The van der Waals surface area contributed by atoms with Crippen molar-refractivity contribution in [3.05, 3.63) is 98.7 Å². The summed E-state index contributed by atoms with van der Waals surface area (Å²) in [5.41, 5.74) is 3.33. The largest absolute Gasteiger partial charge is 0.465 e. The number of hydrogen-bond donors (Lipinski definition) is 0. The van der Waals surface area contributed by atoms with Gasteiger partial charge in [-0.2, -0.15) is 0 Å². The molecule has 1 fully saturated rings. The Balaban J connectivity index is 1.43. The van der Waals surface area contributed by atoms with E-state index in [0.29, 0.717) is 61.8 Å². The van der Waals surface area contributed by atoms with Crippen molar-refractivity contribution in [2.75, 3.05) is 20.2 Å². The third-order valence-corrected chi connectivity index (χ3v) is 8.04. The maximum atomic E-state index is 14.0. The minimum atomic E-state index is -0.537. The van der Waals surface area contributed by atoms with Crippen LogP contribution in [0.5, 0.6) is 11.5 Å². The Kier molecular flexibility index (Phi) is 8.12. The molecule has 3 aromatic carbocycles. The number of thiophene rings is 1. The van der Waals surface area contributed by atoms with Crippen molar-refractivity contribution in [1.29, 1.82) is 0 Å². The molecule has 1 aliphatic rings. The number of likely N-dealkylation sites (tertiary alicyclic amines) is 1. The number of ether oxygens (including phenoxy) is 3. The number of fused-ring (bicyclic) bond motifs is 1. The normalized spacial score (nSPS) is 13.0. The van der Waals surface area contributed by atoms with Gasteiger partial charge in [0.1, 0.15) is 22.0 Å². The van der Waals surface area contributed by atoms with E-state index in [1.807, 2.05) is 51.1 Å². The van der Waals surface area contributed by atoms with Crippen molar-refractivity contribution in [3.8, 4) is 11.5 Å². The van der Waals surface area contributed by atoms with Crippen molar-refractivity contribution in [1.82, 2.24) is 4.90 Å². The second-order valence-electron chi connectivity index (χ2n) is 11.5. The number of hydrogen-bond acceptors (Lipinski definition) is 7. The lowest BCUT2D eigenvalue weighted by Crippen LogP contribution is -2.46. The van der Waals surface area contributed by atoms with Gasteiger partial charge >= 0.3 is 12.1 Å². The average molecular weight is 602 g/mol. The number of carbonyl (C=O) groups excluding carboxylic acids is 3. The smallest absolute Gasteiger partial charge is 0.410 e. The number of nitrogens with zero attached hydrogens (tertiary/aromatic N) is 1. The van der Waals surface area contributed by atoms with Crippen molar-refractivity contribution in [2.45, 2.75) is 40.2 Å². The molecule has 1 amide bonds. The third-order valence-electron chi connectivity index (χ3n) is 6.91. The summed E-state index contributed by atoms with van der Waals surface area (Å²) < 4.78 is 31.3. The second-order valence-corrected chi connectivity index (χ2v) is 12.6. The van der Waals surface area contributed by atoms with Crippen LogP contribution in [-0.4, -0.2) is 48.5 Å². The average Bonchev–Trinajstić information content (AvgIpc) is 3.26. The van der Waals surface area contributed by atoms with E-state index in [1.54, 1.807) is 36.9 Å². The molecule has 0 bridgehead atoms. The van der Waals surface area contributed by atoms with Crippen LogP contribution in [0.25, 0.3) is 16.2 Å². The predicted octanol–water partition coefficient (Wildman–Crippen LogP) is 8.10. The Morgan fingerprint density at radius 3 is 2.21 bits per heavy atom. The molecule has 5 rings (SSSR count). The highest BCUT2D eigenvalue weighted by Gasteiger charge is 2.29. The molecule has 9 heteroatoms. The van der Waals surface area contributed by atoms with Gasteiger partial charge in [-0.3, -0.25) is 4.79 Å². The van der Waals surface area contributed by atoms with E-state index < -0.39 is 17.4 Å². The van der Waals surface area contributed by atoms with Crippen LogP contribution in [0.3, 0.4) is 0 Å². The first-order valence-corrected chi connectivity index (χ1v) is 14.6. The molecule has 0 atom stereocenters. The molecule has 0 N–H and O–H groups in total. The highest BCUT2D eigenvalue weighted by Crippen LogP contribution is 2.42. The van der Waals surface area contributed by atoms with Gasteiger partial charge in [-0.15, -0.1) is 11.3 Å². The molecular weight excluding hydrogens is 569 g/mol. The van der Waals surface area contributed by atoms with Crippen LogP contribution in [0.2, 0.25) is 0 Å². The minimum Gasteiger partial charge on any atom is -0.465 e. The van der Waals surface area contributed by atoms with Crippen LogP contribution >= 0.6 is 11.3 Å². The second kappa shape index (κ2) is 11.6. The molecular formula is C34H32FNO6S. The zero-order valence-electron chi connectivity index (χ0n) is 24.9. The van der Waals surface area contributed by atoms with Gasteiger partial charge in [0.25, 0.3) is 0 Å². The Bertz CT molecular complexity index is 1750. The van der Waals surface area contributed by atoms with Crippen molar-refractivity contribution >= 4 is 45.3 Å². The number of amides is 1. The highest BCUT2D eigenvalue weighted by molar-refractivity contribution is 7.21. The Hall–Kier alpha value is -4.50. The van der Waals surface area contributed by atoms with Crippen LogP contribution in [-0.2, 0) is 9.47 Å². The van der Waals surface area contributed by atoms with E-state index in [1.165, 1.54) is 30.6 Å². The van der Waals surface area contributed by atoms with Gasteiger partial charge in [0.15, 0.2) is 5.75 Å². The summed E-state index contributed by atoms with van der Waals surface area (Å²) >= 11 is 1.21. The highest BCUT2D eigenvalue weighted by atomic mass is 32.1. The Morgan fingerprint density at radius 2 is 1.60 bits per heavy atom. The standard InChI is InChI=1S/C34H32FNO6S/c1-19-13-24(35)14-20(2)28(19)29(37)31-30(26-12-9-23(32(38)40-6)16-27(26)43-31)41-25-10-7-21(8-11-25)15-22-17-36(18-22)33(39)42-34(3,4)5/h7-16H,17-18H2,1-6H3. The van der Waals surface area contributed by atoms with Gasteiger partial charge < -0.3 is 19.1 Å². The van der Waals surface area contributed by atoms with Crippen molar-refractivity contribution in [3.63, 3.8) is 0 Å². The summed E-state index contributed by atoms with van der Waals surface area (Å²) in [6.07, 6.45) is 1.69. The number of carbonyl (C=O) groups is 3. The quantitative estimate of drug-likeness (QED) is 0.164. The van der Waals surface area contributed by atoms with Gasteiger partial charge in [-0.25, -0.2) is 14.0 Å². The van der Waals surface area contributed by atoms with Gasteiger partial charge in [0, 0.05) is 28.7 Å². The lowest BCUT2D eigenvalue weighted by atomic mass is 9.97. The number of rotatable bonds is 6. The zero-order valence-corrected chi connectivity index (χ0v) is 25.7. The summed E-state index contributed by atoms with van der Waals surface area (Å²) in [5, 5.41) is 0.668. The fraction of sp³-hybridized carbons (Fsp3) is 0.265. The fourth-order valence-electron chi connectivity index (χ4n) is 4.93. The third kappa shape index (κ3) is 6.46. The van der Waals surface area contributed by atoms with E-state index >= 15 is 0 Å². The topological polar surface area (TPSA) is 82.1 Å². The number of ketones is 1. The number of benzene rings is 3. The first-order valence-electron chi connectivity index (χ1n) is 13.7. The number of esters is 1. The van der Waals surface area contributed by atoms with E-state index in [9.17, 15) is 18.8 Å². The molecule has 0 saturated carbocycles. The number of aryl methyl sites for hydroxylation is 2. The number of methoxy groups -OCH3 is 1. The lowest BCUT2D eigenvalue weighted by molar-refractivity contribution is 0.0216. The van der Waals surface area contributed by atoms with Crippen LogP contribution in [0.1, 0.15) is 63.1 Å². The molecule has 0 spiro atoms. The first kappa shape index (κ1) is 30.0. The monoisotopic (exact) mass is 601 g/mol. The van der Waals surface area contributed by atoms with Crippen LogP contribution in [0, 0.1) is 19.7 Å². The van der Waals surface area contributed by atoms with Gasteiger partial charge in [0.2, 0.25) is 5.78 Å². The summed E-state index contributed by atoms with van der Waals surface area (Å²) in [6, 6.07) is 15.1. The summed E-state index contributed by atoms with van der Waals surface area (Å²) in [7, 11) is 1.31. The van der Waals surface area contributed by atoms with E-state index in [-0.39, 0.29) is 11.9 Å². The molecule has 2 heterocycles. The lowest BCUT2D eigenvalue weighted by Gasteiger charge is -2.35. The molecule has 7 nitrogen and oxygen atoms in total. The first-order chi connectivity index (χ1) is 20.3. The molecule has 43 heavy (non-hydrogen) atoms. The van der Waals surface area contributed by atoms with Crippen LogP contribution < -0.4 is 4.74 Å². The fourth-order valence-corrected chi connectivity index (χ4v) is 6.04. The van der Waals surface area contributed by atoms with E-state index in [2.05, 4.69) is 0 Å². The minimum absolute atomic E-state index is 0.285. The molecule has 0 aliphatic carbocycles. The van der Waals surface area contributed by atoms with E-state index in [0.717, 1.165) is 11.1 Å². The maximum Gasteiger partial charge on any atom is 0.410 e. The predicted molar refractivity (Wildman–Crippen MR) is 165 cm³/mol. The zero-order chi connectivity index (χ0) is 31.1. The Morgan fingerprint density at radius 1 is 0.953 bits per heavy atom. The van der Waals surface area contributed by atoms with Crippen molar-refractivity contribution in [2.24, 2.45) is 0 Å². The van der Waals surface area contributed by atoms with Gasteiger partial charge in [-0.05, 0) is 99.3 Å². The summed E-state index contributed by atoms with van der Waals surface area (Å²) in [4.78, 5) is 40.3. The summed E-state index contributed by atoms with van der Waals surface area (Å²) in [5.74, 6) is -0.295. The molecule has 1 aliphatic heterocycles. The van der Waals surface area contributed by atoms with Crippen LogP contribution in [0.4, 0.5) is 9.18 Å². The molecule has 0 unspecified atom stereocenters. The van der Waals surface area contributed by atoms with Crippen LogP contribution in [0.15, 0.2) is 60.2 Å². The SMILES string of the molecule is COC(=O)c1ccc2c(Oc3ccc(C=C4CN(C(=O)OC(C)(C)C)C4)cc3)c(C(=O)c3c(C)cc(F)cc3C)sc2c1. The maximum absolute atomic E-state index is 14.0.